The SMILES string of the molecule is CC(C)(C)P(=O)(C(F)c1ccc(C[C@@H](NC(=O)OCC2c3ccccc3-c3ccccc32)C(=O)O)cc1)C(C)(C)C. The number of alkyl halides is 1. The number of fused-ring (bicyclic) bond motifs is 3. The first-order valence-electron chi connectivity index (χ1n) is 13.8. The number of nitrogens with one attached hydrogen (secondary N) is 1. The van der Waals surface area contributed by atoms with E-state index in [-0.39, 0.29) is 18.9 Å². The van der Waals surface area contributed by atoms with Crippen LogP contribution >= 0.6 is 7.14 Å². The summed E-state index contributed by atoms with van der Waals surface area (Å²) in [6.07, 6.45) is -0.844. The highest BCUT2D eigenvalue weighted by Gasteiger charge is 2.52. The van der Waals surface area contributed by atoms with E-state index in [1.54, 1.807) is 65.8 Å². The fourth-order valence-electron chi connectivity index (χ4n) is 5.93. The molecule has 1 aliphatic carbocycles. The van der Waals surface area contributed by atoms with Crippen LogP contribution < -0.4 is 5.32 Å². The van der Waals surface area contributed by atoms with E-state index in [0.717, 1.165) is 22.3 Å². The number of carboxylic acids is 1. The Labute approximate surface area is 241 Å². The predicted octanol–water partition coefficient (Wildman–Crippen LogP) is 8.15. The molecule has 218 valence electrons. The Kier molecular flexibility index (Phi) is 8.52. The van der Waals surface area contributed by atoms with Crippen LogP contribution in [0.25, 0.3) is 11.1 Å². The van der Waals surface area contributed by atoms with Gasteiger partial charge in [-0.3, -0.25) is 0 Å². The smallest absolute Gasteiger partial charge is 0.407 e. The second-order valence-electron chi connectivity index (χ2n) is 12.6. The molecular weight excluding hydrogens is 540 g/mol. The van der Waals surface area contributed by atoms with E-state index < -0.39 is 41.5 Å². The van der Waals surface area contributed by atoms with Gasteiger partial charge >= 0.3 is 12.1 Å². The molecule has 0 bridgehead atoms. The summed E-state index contributed by atoms with van der Waals surface area (Å²) in [5, 5.41) is 10.8. The van der Waals surface area contributed by atoms with Gasteiger partial charge in [0, 0.05) is 22.7 Å². The first-order valence-corrected chi connectivity index (χ1v) is 15.6. The minimum atomic E-state index is -3.37. The number of aliphatic carboxylic acids is 1. The first kappa shape index (κ1) is 30.5. The summed E-state index contributed by atoms with van der Waals surface area (Å²) in [6.45, 7) is 10.9. The molecule has 0 saturated heterocycles. The van der Waals surface area contributed by atoms with Gasteiger partial charge < -0.3 is 19.7 Å². The minimum Gasteiger partial charge on any atom is -0.480 e. The van der Waals surface area contributed by atoms with Crippen molar-refractivity contribution in [2.24, 2.45) is 0 Å². The second-order valence-corrected chi connectivity index (χ2v) is 17.1. The molecule has 0 saturated carbocycles. The van der Waals surface area contributed by atoms with Gasteiger partial charge in [0.1, 0.15) is 19.8 Å². The number of carbonyl (C=O) groups excluding carboxylic acids is 1. The highest BCUT2D eigenvalue weighted by atomic mass is 31.2. The highest BCUT2D eigenvalue weighted by Crippen LogP contribution is 2.75. The largest absolute Gasteiger partial charge is 0.480 e. The molecule has 0 aliphatic heterocycles. The van der Waals surface area contributed by atoms with Crippen molar-refractivity contribution in [3.63, 3.8) is 0 Å². The van der Waals surface area contributed by atoms with Gasteiger partial charge in [0.25, 0.3) is 0 Å². The molecule has 0 aromatic heterocycles. The minimum absolute atomic E-state index is 0.0209. The average molecular weight is 580 g/mol. The summed E-state index contributed by atoms with van der Waals surface area (Å²) >= 11 is 0. The maximum Gasteiger partial charge on any atom is 0.407 e. The fourth-order valence-corrected chi connectivity index (χ4v) is 9.89. The van der Waals surface area contributed by atoms with Crippen LogP contribution in [-0.2, 0) is 20.5 Å². The topological polar surface area (TPSA) is 92.7 Å². The van der Waals surface area contributed by atoms with E-state index in [0.29, 0.717) is 11.1 Å². The molecule has 4 rings (SSSR count). The number of amides is 1. The molecule has 0 radical (unpaired) electrons. The van der Waals surface area contributed by atoms with Gasteiger partial charge in [0.05, 0.1) is 0 Å². The Morgan fingerprint density at radius 3 is 1.83 bits per heavy atom. The second kappa shape index (κ2) is 11.4. The third-order valence-corrected chi connectivity index (χ3v) is 12.9. The van der Waals surface area contributed by atoms with Crippen molar-refractivity contribution >= 4 is 19.2 Å². The lowest BCUT2D eigenvalue weighted by molar-refractivity contribution is -0.139. The maximum atomic E-state index is 15.8. The number of rotatable bonds is 8. The van der Waals surface area contributed by atoms with E-state index in [1.165, 1.54) is 0 Å². The number of ether oxygens (including phenoxy) is 1. The van der Waals surface area contributed by atoms with Crippen molar-refractivity contribution in [1.82, 2.24) is 5.32 Å². The van der Waals surface area contributed by atoms with Crippen LogP contribution in [-0.4, -0.2) is 40.1 Å². The molecule has 41 heavy (non-hydrogen) atoms. The summed E-state index contributed by atoms with van der Waals surface area (Å²) in [7, 11) is -3.37. The van der Waals surface area contributed by atoms with E-state index in [4.69, 9.17) is 4.74 Å². The number of alkyl carbamates (subject to hydrolysis) is 1. The number of hydrogen-bond acceptors (Lipinski definition) is 4. The lowest BCUT2D eigenvalue weighted by atomic mass is 9.98. The van der Waals surface area contributed by atoms with Crippen molar-refractivity contribution in [1.29, 1.82) is 0 Å². The van der Waals surface area contributed by atoms with Crippen LogP contribution in [0.4, 0.5) is 9.18 Å². The summed E-state index contributed by atoms with van der Waals surface area (Å²) in [6, 6.07) is 21.0. The van der Waals surface area contributed by atoms with E-state index >= 15 is 4.39 Å². The number of halogens is 1. The van der Waals surface area contributed by atoms with Gasteiger partial charge in [-0.25, -0.2) is 14.0 Å². The number of hydrogen-bond donors (Lipinski definition) is 2. The molecule has 0 spiro atoms. The lowest BCUT2D eigenvalue weighted by Gasteiger charge is -2.43. The van der Waals surface area contributed by atoms with Crippen molar-refractivity contribution in [3.8, 4) is 11.1 Å². The predicted molar refractivity (Wildman–Crippen MR) is 161 cm³/mol. The molecule has 3 aromatic rings. The first-order chi connectivity index (χ1) is 19.1. The number of carboxylic acid groups (broad SMARTS) is 1. The van der Waals surface area contributed by atoms with Crippen LogP contribution in [0, 0.1) is 0 Å². The summed E-state index contributed by atoms with van der Waals surface area (Å²) in [5.41, 5.74) is 5.20. The van der Waals surface area contributed by atoms with E-state index in [1.807, 2.05) is 48.5 Å². The zero-order valence-corrected chi connectivity index (χ0v) is 25.4. The van der Waals surface area contributed by atoms with Crippen molar-refractivity contribution < 1.29 is 28.4 Å². The quantitative estimate of drug-likeness (QED) is 0.263. The Hall–Kier alpha value is -3.44. The molecular formula is C33H39FNO5P. The molecule has 6 nitrogen and oxygen atoms in total. The maximum absolute atomic E-state index is 15.8. The number of carbonyl (C=O) groups is 2. The normalized spacial score (nSPS) is 15.0. The van der Waals surface area contributed by atoms with Gasteiger partial charge in [-0.15, -0.1) is 0 Å². The monoisotopic (exact) mass is 579 g/mol. The molecule has 2 atom stereocenters. The standard InChI is InChI=1S/C33H39FNO5P/c1-32(2,3)41(39,33(4,5)6)29(34)22-17-15-21(16-18-22)19-28(30(36)37)35-31(38)40-20-27-25-13-9-7-11-23(25)24-12-8-10-14-26(24)27/h7-18,27-29H,19-20H2,1-6H3,(H,35,38)(H,36,37)/t28-,29?/m1/s1. The van der Waals surface area contributed by atoms with Gasteiger partial charge in [0.2, 0.25) is 0 Å². The van der Waals surface area contributed by atoms with Crippen molar-refractivity contribution in [2.75, 3.05) is 6.61 Å². The molecule has 1 unspecified atom stereocenters. The molecule has 8 heteroatoms. The zero-order valence-electron chi connectivity index (χ0n) is 24.5. The molecule has 0 fully saturated rings. The molecule has 3 aromatic carbocycles. The zero-order chi connectivity index (χ0) is 30.2. The lowest BCUT2D eigenvalue weighted by Crippen LogP contribution is -2.42. The van der Waals surface area contributed by atoms with Gasteiger partial charge in [-0.1, -0.05) is 114 Å². The van der Waals surface area contributed by atoms with Crippen LogP contribution in [0.5, 0.6) is 0 Å². The molecule has 0 heterocycles. The molecule has 2 N–H and O–H groups in total. The van der Waals surface area contributed by atoms with Gasteiger partial charge in [0.15, 0.2) is 5.91 Å². The van der Waals surface area contributed by atoms with Crippen LogP contribution in [0.3, 0.4) is 0 Å². The Morgan fingerprint density at radius 1 is 0.878 bits per heavy atom. The van der Waals surface area contributed by atoms with E-state index in [9.17, 15) is 19.3 Å². The highest BCUT2D eigenvalue weighted by molar-refractivity contribution is 7.67. The Balaban J connectivity index is 1.42. The molecule has 1 amide bonds. The summed E-state index contributed by atoms with van der Waals surface area (Å²) in [5.74, 6) is -3.02. The average Bonchev–Trinajstić information content (AvgIpc) is 3.23. The molecule has 1 aliphatic rings. The van der Waals surface area contributed by atoms with E-state index in [2.05, 4.69) is 5.32 Å². The van der Waals surface area contributed by atoms with Gasteiger partial charge in [-0.2, -0.15) is 0 Å². The number of benzene rings is 3. The summed E-state index contributed by atoms with van der Waals surface area (Å²) < 4.78 is 35.4. The van der Waals surface area contributed by atoms with Crippen molar-refractivity contribution in [3.05, 3.63) is 95.1 Å². The Bertz CT molecular complexity index is 1410. The van der Waals surface area contributed by atoms with Crippen LogP contribution in [0.15, 0.2) is 72.8 Å². The summed E-state index contributed by atoms with van der Waals surface area (Å²) in [4.78, 5) is 24.7. The van der Waals surface area contributed by atoms with Gasteiger partial charge in [-0.05, 0) is 33.4 Å². The third-order valence-electron chi connectivity index (χ3n) is 7.94. The van der Waals surface area contributed by atoms with Crippen molar-refractivity contribution in [2.45, 2.75) is 76.1 Å². The van der Waals surface area contributed by atoms with Crippen LogP contribution in [0.2, 0.25) is 0 Å². The van der Waals surface area contributed by atoms with Crippen LogP contribution in [0.1, 0.15) is 75.6 Å². The third kappa shape index (κ3) is 5.97. The fraction of sp³-hybridized carbons (Fsp3) is 0.394. The Morgan fingerprint density at radius 2 is 1.37 bits per heavy atom.